The fraction of sp³-hybridized carbons (Fsp3) is 0.650. The fourth-order valence-electron chi connectivity index (χ4n) is 4.35. The lowest BCUT2D eigenvalue weighted by atomic mass is 9.85. The van der Waals surface area contributed by atoms with Crippen molar-refractivity contribution in [1.82, 2.24) is 9.80 Å². The molecule has 6 nitrogen and oxygen atoms in total. The highest BCUT2D eigenvalue weighted by molar-refractivity contribution is 5.85. The molecule has 8 heteroatoms. The van der Waals surface area contributed by atoms with Crippen molar-refractivity contribution in [2.75, 3.05) is 52.5 Å². The van der Waals surface area contributed by atoms with Gasteiger partial charge in [-0.2, -0.15) is 0 Å². The topological polar surface area (TPSA) is 62.2 Å². The van der Waals surface area contributed by atoms with E-state index in [1.165, 1.54) is 0 Å². The Labute approximate surface area is 179 Å². The predicted octanol–water partition coefficient (Wildman–Crippen LogP) is 1.69. The molecule has 1 N–H and O–H groups in total. The van der Waals surface area contributed by atoms with Gasteiger partial charge in [0.15, 0.2) is 5.60 Å². The van der Waals surface area contributed by atoms with Gasteiger partial charge in [0.25, 0.3) is 0 Å². The van der Waals surface area contributed by atoms with E-state index < -0.39 is 11.6 Å². The number of fused-ring (bicyclic) bond motifs is 3. The molecular weight excluding hydrogens is 403 g/mol. The van der Waals surface area contributed by atoms with Crippen LogP contribution in [-0.2, 0) is 19.9 Å². The van der Waals surface area contributed by atoms with Gasteiger partial charge in [0.2, 0.25) is 0 Å². The van der Waals surface area contributed by atoms with Gasteiger partial charge in [0.05, 0.1) is 13.2 Å². The highest BCUT2D eigenvalue weighted by atomic mass is 35.5. The maximum absolute atomic E-state index is 13.1. The molecule has 4 aliphatic heterocycles. The summed E-state index contributed by atoms with van der Waals surface area (Å²) in [6.07, 6.45) is 2.04. The van der Waals surface area contributed by atoms with Crippen LogP contribution in [0.1, 0.15) is 18.4 Å². The van der Waals surface area contributed by atoms with Gasteiger partial charge in [0.1, 0.15) is 6.10 Å². The summed E-state index contributed by atoms with van der Waals surface area (Å²) in [5.74, 6) is -0.0960. The van der Waals surface area contributed by atoms with Crippen molar-refractivity contribution in [1.29, 1.82) is 0 Å². The quantitative estimate of drug-likeness (QED) is 0.714. The van der Waals surface area contributed by atoms with E-state index in [9.17, 15) is 9.90 Å². The summed E-state index contributed by atoms with van der Waals surface area (Å²) in [6, 6.07) is 9.19. The van der Waals surface area contributed by atoms with Crippen LogP contribution in [0.15, 0.2) is 30.3 Å². The Morgan fingerprint density at radius 3 is 2.32 bits per heavy atom. The number of esters is 1. The minimum absolute atomic E-state index is 0. The van der Waals surface area contributed by atoms with Gasteiger partial charge >= 0.3 is 5.97 Å². The van der Waals surface area contributed by atoms with Crippen LogP contribution in [-0.4, -0.2) is 79.5 Å². The average molecular weight is 433 g/mol. The van der Waals surface area contributed by atoms with Crippen LogP contribution in [0.4, 0.5) is 0 Å². The van der Waals surface area contributed by atoms with Gasteiger partial charge in [0, 0.05) is 26.2 Å². The van der Waals surface area contributed by atoms with Crippen LogP contribution < -0.4 is 0 Å². The number of hydrogen-bond acceptors (Lipinski definition) is 6. The molecule has 0 aliphatic carbocycles. The molecule has 0 aromatic heterocycles. The molecule has 4 saturated heterocycles. The Kier molecular flexibility index (Phi) is 8.55. The summed E-state index contributed by atoms with van der Waals surface area (Å²) in [4.78, 5) is 17.6. The number of carbonyl (C=O) groups is 1. The average Bonchev–Trinajstić information content (AvgIpc) is 2.70. The molecule has 2 atom stereocenters. The number of β-amino-alcohol motifs (C(OH)–C–C–N with tert-alkyl or cyclic N) is 1. The Morgan fingerprint density at radius 2 is 1.75 bits per heavy atom. The Morgan fingerprint density at radius 1 is 1.11 bits per heavy atom. The monoisotopic (exact) mass is 432 g/mol. The van der Waals surface area contributed by atoms with Gasteiger partial charge in [-0.15, -0.1) is 24.8 Å². The maximum Gasteiger partial charge on any atom is 0.344 e. The zero-order valence-corrected chi connectivity index (χ0v) is 17.6. The summed E-state index contributed by atoms with van der Waals surface area (Å²) in [5.41, 5.74) is -1.05. The number of carbonyl (C=O) groups excluding carboxylic acids is 1. The molecule has 2 bridgehead atoms. The second kappa shape index (κ2) is 10.2. The van der Waals surface area contributed by atoms with Crippen LogP contribution >= 0.6 is 24.8 Å². The van der Waals surface area contributed by atoms with Crippen LogP contribution in [0.3, 0.4) is 0 Å². The summed E-state index contributed by atoms with van der Waals surface area (Å²) >= 11 is 0. The molecule has 0 amide bonds. The summed E-state index contributed by atoms with van der Waals surface area (Å²) < 4.78 is 11.3. The van der Waals surface area contributed by atoms with Gasteiger partial charge < -0.3 is 14.6 Å². The first-order chi connectivity index (χ1) is 12.6. The second-order valence-electron chi connectivity index (χ2n) is 7.70. The van der Waals surface area contributed by atoms with Crippen molar-refractivity contribution in [3.8, 4) is 0 Å². The minimum atomic E-state index is -1.65. The number of nitrogens with zero attached hydrogens (tertiary/aromatic N) is 2. The van der Waals surface area contributed by atoms with Crippen molar-refractivity contribution in [3.63, 3.8) is 0 Å². The first kappa shape index (κ1) is 23.4. The Balaban J connectivity index is 0.00000140. The van der Waals surface area contributed by atoms with Crippen LogP contribution in [0, 0.1) is 5.92 Å². The SMILES string of the molecule is Cl.Cl.O=C(OC1CN2CCC1CC2)C(O)(CN1CCOCC1)c1ccccc1. The summed E-state index contributed by atoms with van der Waals surface area (Å²) in [6.45, 7) is 5.88. The normalized spacial score (nSPS) is 29.1. The number of morpholine rings is 1. The summed E-state index contributed by atoms with van der Waals surface area (Å²) in [7, 11) is 0. The van der Waals surface area contributed by atoms with E-state index in [-0.39, 0.29) is 37.5 Å². The molecule has 158 valence electrons. The third kappa shape index (κ3) is 4.99. The van der Waals surface area contributed by atoms with Crippen molar-refractivity contribution in [2.24, 2.45) is 5.92 Å². The molecule has 1 aromatic carbocycles. The Bertz CT molecular complexity index is 622. The van der Waals surface area contributed by atoms with Crippen molar-refractivity contribution < 1.29 is 19.4 Å². The molecule has 2 unspecified atom stereocenters. The first-order valence-corrected chi connectivity index (χ1v) is 9.66. The van der Waals surface area contributed by atoms with E-state index in [2.05, 4.69) is 9.80 Å². The first-order valence-electron chi connectivity index (χ1n) is 9.66. The zero-order valence-electron chi connectivity index (χ0n) is 16.0. The van der Waals surface area contributed by atoms with Gasteiger partial charge in [-0.1, -0.05) is 30.3 Å². The predicted molar refractivity (Wildman–Crippen MR) is 111 cm³/mol. The molecule has 0 spiro atoms. The van der Waals surface area contributed by atoms with Gasteiger partial charge in [-0.3, -0.25) is 9.80 Å². The standard InChI is InChI=1S/C20H28N2O4.2ClH/c23-19(26-18-14-21-8-6-16(18)7-9-21)20(24,17-4-2-1-3-5-17)15-22-10-12-25-13-11-22;;/h1-5,16,18,24H,6-15H2;2*1H. The lowest BCUT2D eigenvalue weighted by molar-refractivity contribution is -0.184. The van der Waals surface area contributed by atoms with Crippen LogP contribution in [0.5, 0.6) is 0 Å². The lowest BCUT2D eigenvalue weighted by Gasteiger charge is -2.45. The number of aliphatic hydroxyl groups is 1. The van der Waals surface area contributed by atoms with E-state index in [0.29, 0.717) is 37.8 Å². The van der Waals surface area contributed by atoms with E-state index in [0.717, 1.165) is 32.5 Å². The number of piperidine rings is 3. The number of benzene rings is 1. The molecule has 0 radical (unpaired) electrons. The summed E-state index contributed by atoms with van der Waals surface area (Å²) in [5, 5.41) is 11.4. The smallest absolute Gasteiger partial charge is 0.344 e. The number of halogens is 2. The van der Waals surface area contributed by atoms with Gasteiger partial charge in [-0.25, -0.2) is 4.79 Å². The lowest BCUT2D eigenvalue weighted by Crippen LogP contribution is -2.55. The van der Waals surface area contributed by atoms with E-state index in [1.807, 2.05) is 18.2 Å². The van der Waals surface area contributed by atoms with E-state index in [4.69, 9.17) is 9.47 Å². The largest absolute Gasteiger partial charge is 0.458 e. The van der Waals surface area contributed by atoms with Crippen LogP contribution in [0.25, 0.3) is 0 Å². The third-order valence-electron chi connectivity index (χ3n) is 6.00. The zero-order chi connectivity index (χ0) is 18.0. The minimum Gasteiger partial charge on any atom is -0.458 e. The molecule has 0 saturated carbocycles. The molecule has 1 aromatic rings. The van der Waals surface area contributed by atoms with Crippen molar-refractivity contribution in [2.45, 2.75) is 24.5 Å². The highest BCUT2D eigenvalue weighted by Gasteiger charge is 2.45. The molecule has 4 fully saturated rings. The number of ether oxygens (including phenoxy) is 2. The maximum atomic E-state index is 13.1. The highest BCUT2D eigenvalue weighted by Crippen LogP contribution is 2.32. The molecule has 4 aliphatic rings. The molecule has 28 heavy (non-hydrogen) atoms. The second-order valence-corrected chi connectivity index (χ2v) is 7.70. The van der Waals surface area contributed by atoms with E-state index >= 15 is 0 Å². The number of hydrogen-bond donors (Lipinski definition) is 1. The molecule has 5 rings (SSSR count). The Hall–Kier alpha value is -0.890. The van der Waals surface area contributed by atoms with Crippen molar-refractivity contribution in [3.05, 3.63) is 35.9 Å². The third-order valence-corrected chi connectivity index (χ3v) is 6.00. The van der Waals surface area contributed by atoms with Crippen molar-refractivity contribution >= 4 is 30.8 Å². The van der Waals surface area contributed by atoms with Crippen LogP contribution in [0.2, 0.25) is 0 Å². The van der Waals surface area contributed by atoms with Gasteiger partial charge in [-0.05, 0) is 37.4 Å². The molecular formula is C20H30Cl2N2O4. The number of rotatable bonds is 5. The fourth-order valence-corrected chi connectivity index (χ4v) is 4.35. The molecule has 4 heterocycles. The van der Waals surface area contributed by atoms with E-state index in [1.54, 1.807) is 12.1 Å².